The van der Waals surface area contributed by atoms with E-state index in [1.54, 1.807) is 31.4 Å². The maximum Gasteiger partial charge on any atom is 0.408 e. The summed E-state index contributed by atoms with van der Waals surface area (Å²) in [6.07, 6.45) is 11.0. The third-order valence-corrected chi connectivity index (χ3v) is 12.6. The van der Waals surface area contributed by atoms with Gasteiger partial charge in [0.05, 0.1) is 18.4 Å². The first-order chi connectivity index (χ1) is 25.1. The van der Waals surface area contributed by atoms with E-state index in [0.717, 1.165) is 38.5 Å². The van der Waals surface area contributed by atoms with Crippen molar-refractivity contribution in [2.75, 3.05) is 13.7 Å². The van der Waals surface area contributed by atoms with E-state index in [9.17, 15) is 27.6 Å². The predicted octanol–water partition coefficient (Wildman–Crippen LogP) is 2.53. The van der Waals surface area contributed by atoms with Gasteiger partial charge in [-0.2, -0.15) is 4.80 Å². The summed E-state index contributed by atoms with van der Waals surface area (Å²) in [4.78, 5) is 58.3. The van der Waals surface area contributed by atoms with Gasteiger partial charge >= 0.3 is 6.09 Å². The van der Waals surface area contributed by atoms with Crippen LogP contribution in [0.1, 0.15) is 89.5 Å². The molecule has 1 aromatic carbocycles. The van der Waals surface area contributed by atoms with E-state index in [4.69, 9.17) is 9.47 Å². The average Bonchev–Trinajstić information content (AvgIpc) is 3.88. The molecule has 5 atom stereocenters. The van der Waals surface area contributed by atoms with Crippen LogP contribution in [0.25, 0.3) is 11.4 Å². The van der Waals surface area contributed by atoms with Crippen LogP contribution in [0, 0.1) is 5.92 Å². The van der Waals surface area contributed by atoms with Crippen LogP contribution in [-0.4, -0.2) is 100.0 Å². The van der Waals surface area contributed by atoms with Crippen molar-refractivity contribution in [3.63, 3.8) is 0 Å². The molecule has 3 heterocycles. The number of alkyl carbamates (subject to hydrolysis) is 1. The Kier molecular flexibility index (Phi) is 10.2. The third kappa shape index (κ3) is 7.78. The summed E-state index contributed by atoms with van der Waals surface area (Å²) >= 11 is 0. The number of carbonyl (C=O) groups excluding carboxylic acids is 4. The lowest BCUT2D eigenvalue weighted by Crippen LogP contribution is -2.58. The number of allylic oxidation sites excluding steroid dienone is 1. The lowest BCUT2D eigenvalue weighted by Gasteiger charge is -2.30. The number of rotatable bonds is 8. The Bertz CT molecular complexity index is 1810. The standard InChI is InChI=1S/C35H46N8O8S/c1-50-25-15-13-22(14-16-25)30-38-41-43(39-30)24-19-29-31(44)37-35(33(46)40-52(48,49)27-17-18-27)20-23(35)9-5-3-2-4-6-12-28(32(45)42(29)21-24)36-34(47)51-26-10-7-8-11-26/h5,9,13-16,23-24,26-29H,2-4,6-8,10-12,17-21H2,1H3,(H,36,47)(H,37,44)(H,40,46)/b9-5-/t23-,24-,28+,29+,35-/m1/s1. The van der Waals surface area contributed by atoms with Gasteiger partial charge in [-0.15, -0.1) is 10.2 Å². The molecule has 2 aromatic rings. The van der Waals surface area contributed by atoms with Gasteiger partial charge < -0.3 is 25.0 Å². The number of ether oxygens (including phenoxy) is 2. The summed E-state index contributed by atoms with van der Waals surface area (Å²) in [6.45, 7) is 0.0315. The van der Waals surface area contributed by atoms with Crippen molar-refractivity contribution in [3.8, 4) is 17.1 Å². The second-order valence-corrected chi connectivity index (χ2v) is 16.5. The minimum atomic E-state index is -3.88. The second-order valence-electron chi connectivity index (χ2n) is 14.6. The molecule has 4 amide bonds. The highest BCUT2D eigenvalue weighted by molar-refractivity contribution is 7.91. The minimum Gasteiger partial charge on any atom is -0.497 e. The summed E-state index contributed by atoms with van der Waals surface area (Å²) < 4.78 is 38.7. The maximum atomic E-state index is 14.4. The molecule has 1 saturated heterocycles. The second kappa shape index (κ2) is 14.8. The number of amides is 4. The molecular formula is C35H46N8O8S. The van der Waals surface area contributed by atoms with Crippen molar-refractivity contribution in [3.05, 3.63) is 36.4 Å². The molecule has 1 aromatic heterocycles. The van der Waals surface area contributed by atoms with Gasteiger partial charge in [0.15, 0.2) is 0 Å². The smallest absolute Gasteiger partial charge is 0.408 e. The minimum absolute atomic E-state index is 0.0315. The fraction of sp³-hybridized carbons (Fsp3) is 0.629. The number of benzene rings is 1. The molecule has 280 valence electrons. The Morgan fingerprint density at radius 2 is 1.75 bits per heavy atom. The first-order valence-corrected chi connectivity index (χ1v) is 19.9. The van der Waals surface area contributed by atoms with Gasteiger partial charge in [0.25, 0.3) is 5.91 Å². The summed E-state index contributed by atoms with van der Waals surface area (Å²) in [6, 6.07) is 4.53. The summed E-state index contributed by atoms with van der Waals surface area (Å²) in [5.74, 6) is -1.25. The Hall–Kier alpha value is -4.54. The molecule has 0 bridgehead atoms. The zero-order chi connectivity index (χ0) is 36.5. The lowest BCUT2D eigenvalue weighted by molar-refractivity contribution is -0.141. The Labute approximate surface area is 302 Å². The highest BCUT2D eigenvalue weighted by atomic mass is 32.2. The van der Waals surface area contributed by atoms with Crippen LogP contribution in [0.15, 0.2) is 36.4 Å². The Morgan fingerprint density at radius 1 is 1.00 bits per heavy atom. The van der Waals surface area contributed by atoms with Crippen molar-refractivity contribution < 1.29 is 37.1 Å². The van der Waals surface area contributed by atoms with E-state index >= 15 is 0 Å². The monoisotopic (exact) mass is 738 g/mol. The largest absolute Gasteiger partial charge is 0.497 e. The SMILES string of the molecule is COc1ccc(-c2nnn([C@@H]3C[C@H]4C(=O)N[C@]5(C(=O)NS(=O)(=O)C6CC6)C[C@H]5/C=C\CCCCC[C@H](NC(=O)OC5CCCC5)C(=O)N4C3)n2)cc1. The summed E-state index contributed by atoms with van der Waals surface area (Å²) in [7, 11) is -2.31. The van der Waals surface area contributed by atoms with E-state index < -0.39 is 68.7 Å². The molecule has 3 aliphatic carbocycles. The zero-order valence-electron chi connectivity index (χ0n) is 29.2. The predicted molar refractivity (Wildman–Crippen MR) is 186 cm³/mol. The van der Waals surface area contributed by atoms with E-state index in [1.807, 2.05) is 12.2 Å². The Morgan fingerprint density at radius 3 is 2.48 bits per heavy atom. The molecule has 3 saturated carbocycles. The molecule has 0 spiro atoms. The summed E-state index contributed by atoms with van der Waals surface area (Å²) in [5, 5.41) is 18.1. The van der Waals surface area contributed by atoms with Gasteiger partial charge in [0.1, 0.15) is 29.5 Å². The van der Waals surface area contributed by atoms with E-state index in [2.05, 4.69) is 30.8 Å². The average molecular weight is 739 g/mol. The normalized spacial score (nSPS) is 29.1. The quantitative estimate of drug-likeness (QED) is 0.336. The number of carbonyl (C=O) groups is 4. The number of tetrazole rings is 1. The first kappa shape index (κ1) is 35.8. The summed E-state index contributed by atoms with van der Waals surface area (Å²) in [5.41, 5.74) is -0.793. The third-order valence-electron chi connectivity index (χ3n) is 10.8. The molecule has 16 nitrogen and oxygen atoms in total. The molecule has 2 aliphatic heterocycles. The Balaban J connectivity index is 1.16. The number of hydrogen-bond acceptors (Lipinski definition) is 11. The van der Waals surface area contributed by atoms with E-state index in [1.165, 1.54) is 9.70 Å². The van der Waals surface area contributed by atoms with E-state index in [-0.39, 0.29) is 25.5 Å². The fourth-order valence-corrected chi connectivity index (χ4v) is 8.88. The van der Waals surface area contributed by atoms with Crippen LogP contribution in [0.4, 0.5) is 4.79 Å². The van der Waals surface area contributed by atoms with Crippen molar-refractivity contribution >= 4 is 33.8 Å². The van der Waals surface area contributed by atoms with Crippen LogP contribution in [0.3, 0.4) is 0 Å². The number of hydrogen-bond donors (Lipinski definition) is 3. The van der Waals surface area contributed by atoms with Gasteiger partial charge in [-0.1, -0.05) is 25.0 Å². The van der Waals surface area contributed by atoms with Gasteiger partial charge in [0, 0.05) is 24.4 Å². The van der Waals surface area contributed by atoms with Crippen molar-refractivity contribution in [1.82, 2.24) is 40.5 Å². The van der Waals surface area contributed by atoms with E-state index in [0.29, 0.717) is 49.2 Å². The molecule has 3 N–H and O–H groups in total. The first-order valence-electron chi connectivity index (χ1n) is 18.3. The molecule has 5 aliphatic rings. The number of aromatic nitrogens is 4. The number of methoxy groups -OCH3 is 1. The molecule has 17 heteroatoms. The van der Waals surface area contributed by atoms with Crippen LogP contribution >= 0.6 is 0 Å². The highest BCUT2D eigenvalue weighted by Crippen LogP contribution is 2.46. The van der Waals surface area contributed by atoms with Gasteiger partial charge in [-0.25, -0.2) is 13.2 Å². The fourth-order valence-electron chi connectivity index (χ4n) is 7.51. The molecular weight excluding hydrogens is 692 g/mol. The molecule has 0 radical (unpaired) electrons. The van der Waals surface area contributed by atoms with Crippen molar-refractivity contribution in [2.24, 2.45) is 5.92 Å². The van der Waals surface area contributed by atoms with Gasteiger partial charge in [0.2, 0.25) is 27.7 Å². The van der Waals surface area contributed by atoms with Crippen LogP contribution in [-0.2, 0) is 29.1 Å². The number of sulfonamides is 1. The highest BCUT2D eigenvalue weighted by Gasteiger charge is 2.62. The number of nitrogens with zero attached hydrogens (tertiary/aromatic N) is 5. The van der Waals surface area contributed by atoms with Gasteiger partial charge in [-0.3, -0.25) is 19.1 Å². The van der Waals surface area contributed by atoms with Crippen LogP contribution < -0.4 is 20.1 Å². The van der Waals surface area contributed by atoms with Crippen molar-refractivity contribution in [1.29, 1.82) is 0 Å². The molecule has 0 unspecified atom stereocenters. The maximum absolute atomic E-state index is 14.4. The van der Waals surface area contributed by atoms with Crippen molar-refractivity contribution in [2.45, 2.75) is 118 Å². The number of nitrogens with one attached hydrogen (secondary N) is 3. The van der Waals surface area contributed by atoms with Crippen LogP contribution in [0.5, 0.6) is 5.75 Å². The lowest BCUT2D eigenvalue weighted by atomic mass is 10.0. The van der Waals surface area contributed by atoms with Gasteiger partial charge in [-0.05, 0) is 93.7 Å². The molecule has 7 rings (SSSR count). The zero-order valence-corrected chi connectivity index (χ0v) is 30.1. The molecule has 4 fully saturated rings. The molecule has 52 heavy (non-hydrogen) atoms. The van der Waals surface area contributed by atoms with Crippen LogP contribution in [0.2, 0.25) is 0 Å². The topological polar surface area (TPSA) is 204 Å². The number of fused-ring (bicyclic) bond motifs is 2.